The minimum absolute atomic E-state index is 0.142. The van der Waals surface area contributed by atoms with Crippen molar-refractivity contribution < 1.29 is 13.2 Å². The van der Waals surface area contributed by atoms with Crippen molar-refractivity contribution in [3.63, 3.8) is 0 Å². The number of aromatic nitrogens is 1. The highest BCUT2D eigenvalue weighted by Crippen LogP contribution is 2.17. The van der Waals surface area contributed by atoms with Gasteiger partial charge in [-0.15, -0.1) is 0 Å². The number of carbonyl (C=O) groups is 1. The minimum Gasteiger partial charge on any atom is -0.346 e. The van der Waals surface area contributed by atoms with Gasteiger partial charge in [0.2, 0.25) is 0 Å². The van der Waals surface area contributed by atoms with Gasteiger partial charge in [-0.1, -0.05) is 6.92 Å². The molecule has 2 rings (SSSR count). The van der Waals surface area contributed by atoms with Crippen LogP contribution in [0.3, 0.4) is 0 Å². The molecule has 96 valence electrons. The number of benzene rings is 1. The van der Waals surface area contributed by atoms with Crippen LogP contribution in [0.15, 0.2) is 30.5 Å². The highest BCUT2D eigenvalue weighted by molar-refractivity contribution is 7.91. The van der Waals surface area contributed by atoms with E-state index in [1.807, 2.05) is 22.9 Å². The Morgan fingerprint density at radius 2 is 2.06 bits per heavy atom. The molecule has 0 N–H and O–H groups in total. The molecule has 0 aliphatic carbocycles. The van der Waals surface area contributed by atoms with Crippen molar-refractivity contribution in [3.05, 3.63) is 36.0 Å². The summed E-state index contributed by atoms with van der Waals surface area (Å²) in [6, 6.07) is 7.27. The second-order valence-corrected chi connectivity index (χ2v) is 6.65. The summed E-state index contributed by atoms with van der Waals surface area (Å²) in [5, 5.41) is 0.952. The topological polar surface area (TPSA) is 56.1 Å². The fraction of sp³-hybridized carbons (Fsp3) is 0.308. The van der Waals surface area contributed by atoms with Crippen LogP contribution in [0, 0.1) is 0 Å². The van der Waals surface area contributed by atoms with E-state index in [9.17, 15) is 13.2 Å². The Bertz CT molecular complexity index is 671. The zero-order valence-electron chi connectivity index (χ0n) is 10.2. The zero-order chi connectivity index (χ0) is 13.2. The largest absolute Gasteiger partial charge is 0.346 e. The summed E-state index contributed by atoms with van der Waals surface area (Å²) in [4.78, 5) is 10.7. The molecule has 0 aliphatic heterocycles. The Kier molecular flexibility index (Phi) is 3.52. The van der Waals surface area contributed by atoms with Gasteiger partial charge in [-0.3, -0.25) is 4.79 Å². The Morgan fingerprint density at radius 3 is 2.72 bits per heavy atom. The summed E-state index contributed by atoms with van der Waals surface area (Å²) < 4.78 is 24.8. The number of fused-ring (bicyclic) bond motifs is 1. The summed E-state index contributed by atoms with van der Waals surface area (Å²) in [7, 11) is -2.95. The van der Waals surface area contributed by atoms with Gasteiger partial charge in [-0.25, -0.2) is 8.42 Å². The smallest absolute Gasteiger partial charge is 0.151 e. The van der Waals surface area contributed by atoms with Crippen LogP contribution in [-0.4, -0.2) is 30.8 Å². The molecule has 0 amide bonds. The van der Waals surface area contributed by atoms with Crippen LogP contribution in [0.1, 0.15) is 17.3 Å². The van der Waals surface area contributed by atoms with Crippen LogP contribution in [-0.2, 0) is 16.4 Å². The number of nitrogens with zero attached hydrogens (tertiary/aromatic N) is 1. The number of carbonyl (C=O) groups excluding carboxylic acids is 1. The molecule has 0 unspecified atom stereocenters. The first-order chi connectivity index (χ1) is 8.55. The highest BCUT2D eigenvalue weighted by Gasteiger charge is 2.09. The molecule has 1 heterocycles. The van der Waals surface area contributed by atoms with Crippen LogP contribution in [0.25, 0.3) is 10.9 Å². The van der Waals surface area contributed by atoms with Crippen molar-refractivity contribution in [2.24, 2.45) is 0 Å². The first kappa shape index (κ1) is 12.8. The maximum absolute atomic E-state index is 11.5. The van der Waals surface area contributed by atoms with Crippen LogP contribution in [0.5, 0.6) is 0 Å². The lowest BCUT2D eigenvalue weighted by Crippen LogP contribution is -2.14. The molecule has 0 saturated carbocycles. The summed E-state index contributed by atoms with van der Waals surface area (Å²) in [6.45, 7) is 2.10. The van der Waals surface area contributed by atoms with Gasteiger partial charge in [0.05, 0.1) is 5.75 Å². The lowest BCUT2D eigenvalue weighted by atomic mass is 10.2. The van der Waals surface area contributed by atoms with Crippen molar-refractivity contribution in [2.75, 3.05) is 11.5 Å². The van der Waals surface area contributed by atoms with Crippen LogP contribution >= 0.6 is 0 Å². The van der Waals surface area contributed by atoms with E-state index in [2.05, 4.69) is 0 Å². The molecule has 18 heavy (non-hydrogen) atoms. The summed E-state index contributed by atoms with van der Waals surface area (Å²) in [5.41, 5.74) is 1.58. The molecular formula is C13H15NO3S. The number of sulfone groups is 1. The number of aldehydes is 1. The minimum atomic E-state index is -2.95. The van der Waals surface area contributed by atoms with E-state index in [1.165, 1.54) is 0 Å². The highest BCUT2D eigenvalue weighted by atomic mass is 32.2. The van der Waals surface area contributed by atoms with Gasteiger partial charge in [0, 0.05) is 35.0 Å². The van der Waals surface area contributed by atoms with E-state index in [-0.39, 0.29) is 11.5 Å². The van der Waals surface area contributed by atoms with Gasteiger partial charge in [0.15, 0.2) is 9.84 Å². The normalized spacial score (nSPS) is 11.8. The number of rotatable bonds is 5. The SMILES string of the molecule is CCS(=O)(=O)CCn1ccc2cc(C=O)ccc21. The molecule has 0 aliphatic rings. The zero-order valence-corrected chi connectivity index (χ0v) is 11.0. The summed E-state index contributed by atoms with van der Waals surface area (Å²) in [6.07, 6.45) is 2.66. The van der Waals surface area contributed by atoms with Gasteiger partial charge in [-0.2, -0.15) is 0 Å². The van der Waals surface area contributed by atoms with Crippen molar-refractivity contribution in [3.8, 4) is 0 Å². The van der Waals surface area contributed by atoms with Gasteiger partial charge in [-0.05, 0) is 24.3 Å². The lowest BCUT2D eigenvalue weighted by Gasteiger charge is -2.05. The molecule has 2 aromatic rings. The van der Waals surface area contributed by atoms with Gasteiger partial charge < -0.3 is 4.57 Å². The average molecular weight is 265 g/mol. The summed E-state index contributed by atoms with van der Waals surface area (Å²) >= 11 is 0. The molecule has 0 fully saturated rings. The molecule has 0 bridgehead atoms. The first-order valence-corrected chi connectivity index (χ1v) is 7.62. The van der Waals surface area contributed by atoms with Gasteiger partial charge in [0.1, 0.15) is 6.29 Å². The third-order valence-electron chi connectivity index (χ3n) is 3.01. The molecule has 0 atom stereocenters. The number of hydrogen-bond acceptors (Lipinski definition) is 3. The predicted molar refractivity (Wildman–Crippen MR) is 71.7 cm³/mol. The Balaban J connectivity index is 2.27. The number of hydrogen-bond donors (Lipinski definition) is 0. The van der Waals surface area contributed by atoms with E-state index >= 15 is 0 Å². The monoisotopic (exact) mass is 265 g/mol. The number of aryl methyl sites for hydroxylation is 1. The molecule has 1 aromatic heterocycles. The van der Waals surface area contributed by atoms with Crippen LogP contribution in [0.4, 0.5) is 0 Å². The third kappa shape index (κ3) is 2.61. The molecule has 4 nitrogen and oxygen atoms in total. The van der Waals surface area contributed by atoms with Gasteiger partial charge in [0.25, 0.3) is 0 Å². The van der Waals surface area contributed by atoms with E-state index in [0.29, 0.717) is 12.1 Å². The van der Waals surface area contributed by atoms with E-state index in [1.54, 1.807) is 19.1 Å². The fourth-order valence-electron chi connectivity index (χ4n) is 1.87. The maximum Gasteiger partial charge on any atom is 0.151 e. The Hall–Kier alpha value is -1.62. The Labute approximate surface area is 106 Å². The molecule has 1 aromatic carbocycles. The standard InChI is InChI=1S/C13H15NO3S/c1-2-18(16,17)8-7-14-6-5-12-9-11(10-15)3-4-13(12)14/h3-6,9-10H,2,7-8H2,1H3. The molecule has 5 heteroatoms. The van der Waals surface area contributed by atoms with Crippen LogP contribution in [0.2, 0.25) is 0 Å². The van der Waals surface area contributed by atoms with Crippen LogP contribution < -0.4 is 0 Å². The van der Waals surface area contributed by atoms with Crippen molar-refractivity contribution in [1.82, 2.24) is 4.57 Å². The summed E-state index contributed by atoms with van der Waals surface area (Å²) in [5.74, 6) is 0.310. The molecule has 0 radical (unpaired) electrons. The quantitative estimate of drug-likeness (QED) is 0.776. The van der Waals surface area contributed by atoms with E-state index in [0.717, 1.165) is 17.2 Å². The van der Waals surface area contributed by atoms with E-state index < -0.39 is 9.84 Å². The van der Waals surface area contributed by atoms with E-state index in [4.69, 9.17) is 0 Å². The fourth-order valence-corrected chi connectivity index (χ4v) is 2.63. The Morgan fingerprint density at radius 1 is 1.28 bits per heavy atom. The third-order valence-corrected chi connectivity index (χ3v) is 4.70. The molecule has 0 saturated heterocycles. The predicted octanol–water partition coefficient (Wildman–Crippen LogP) is 1.89. The van der Waals surface area contributed by atoms with Crippen molar-refractivity contribution >= 4 is 27.0 Å². The second kappa shape index (κ2) is 4.94. The molecular weight excluding hydrogens is 250 g/mol. The second-order valence-electron chi connectivity index (χ2n) is 4.18. The maximum atomic E-state index is 11.5. The van der Waals surface area contributed by atoms with Crippen molar-refractivity contribution in [1.29, 1.82) is 0 Å². The van der Waals surface area contributed by atoms with Crippen molar-refractivity contribution in [2.45, 2.75) is 13.5 Å². The van der Waals surface area contributed by atoms with Gasteiger partial charge >= 0.3 is 0 Å². The average Bonchev–Trinajstić information content (AvgIpc) is 2.78. The molecule has 0 spiro atoms. The lowest BCUT2D eigenvalue weighted by molar-refractivity contribution is 0.112. The first-order valence-electron chi connectivity index (χ1n) is 5.80.